The van der Waals surface area contributed by atoms with Gasteiger partial charge in [0, 0.05) is 44.9 Å². The molecule has 2 aliphatic heterocycles. The lowest BCUT2D eigenvalue weighted by Gasteiger charge is -2.24. The van der Waals surface area contributed by atoms with Crippen LogP contribution < -0.4 is 20.4 Å². The second kappa shape index (κ2) is 11.3. The number of aromatic nitrogens is 3. The minimum Gasteiger partial charge on any atom is -0.442 e. The lowest BCUT2D eigenvalue weighted by atomic mass is 10.2. The molecule has 3 heterocycles. The lowest BCUT2D eigenvalue weighted by Crippen LogP contribution is -2.39. The molecule has 1 aromatic carbocycles. The Bertz CT molecular complexity index is 1080. The molecule has 3 N–H and O–H groups in total. The van der Waals surface area contributed by atoms with Gasteiger partial charge in [-0.2, -0.15) is 0 Å². The molecule has 15 heteroatoms. The predicted octanol–water partition coefficient (Wildman–Crippen LogP) is -0.0858. The molecule has 0 unspecified atom stereocenters. The van der Waals surface area contributed by atoms with Crippen molar-refractivity contribution in [1.29, 1.82) is 0 Å². The lowest BCUT2D eigenvalue weighted by molar-refractivity contribution is -0.180. The second-order valence-corrected chi connectivity index (χ2v) is 8.20. The van der Waals surface area contributed by atoms with Crippen molar-refractivity contribution in [3.05, 3.63) is 35.7 Å². The number of nitrogens with one attached hydrogen (secondary N) is 3. The number of amides is 3. The number of hydrogen-bond donors (Lipinski definition) is 3. The molecular formula is C21H26F2N8O5. The number of aromatic amines is 1. The SMILES string of the molecule is CC(=O)NC[C@H]1CN(c2cc(F)c(N3CCON(C(=O)CNCc4c[nH]nn4)CC3)c(F)c2)C(=O)O1. The first-order chi connectivity index (χ1) is 17.3. The summed E-state index contributed by atoms with van der Waals surface area (Å²) in [4.78, 5) is 43.8. The van der Waals surface area contributed by atoms with E-state index in [2.05, 4.69) is 26.0 Å². The number of halogens is 2. The average Bonchev–Trinajstić information content (AvgIpc) is 3.41. The smallest absolute Gasteiger partial charge is 0.414 e. The molecule has 0 bridgehead atoms. The molecule has 13 nitrogen and oxygen atoms in total. The van der Waals surface area contributed by atoms with Crippen molar-refractivity contribution in [2.24, 2.45) is 0 Å². The van der Waals surface area contributed by atoms with Crippen molar-refractivity contribution in [3.8, 4) is 0 Å². The standard InChI is InChI=1S/C21H26F2N8O5/c1-13(32)25-10-16-12-30(21(34)36-16)15-6-17(22)20(18(23)7-15)29-2-3-31(35-5-4-29)19(33)11-24-8-14-9-26-28-27-14/h6-7,9,16,24H,2-5,8,10-12H2,1H3,(H,25,32)(H,26,27,28)/t16-/m0/s1. The van der Waals surface area contributed by atoms with Crippen molar-refractivity contribution < 1.29 is 32.7 Å². The van der Waals surface area contributed by atoms with Gasteiger partial charge in [0.2, 0.25) is 5.91 Å². The van der Waals surface area contributed by atoms with E-state index in [4.69, 9.17) is 9.57 Å². The molecule has 3 amide bonds. The molecule has 194 valence electrons. The Balaban J connectivity index is 1.35. The Labute approximate surface area is 204 Å². The summed E-state index contributed by atoms with van der Waals surface area (Å²) in [5, 5.41) is 16.6. The van der Waals surface area contributed by atoms with Crippen LogP contribution in [-0.2, 0) is 25.7 Å². The maximum Gasteiger partial charge on any atom is 0.414 e. The van der Waals surface area contributed by atoms with Gasteiger partial charge in [0.25, 0.3) is 5.91 Å². The Kier molecular flexibility index (Phi) is 7.90. The van der Waals surface area contributed by atoms with E-state index in [0.29, 0.717) is 12.2 Å². The normalized spacial score (nSPS) is 18.2. The van der Waals surface area contributed by atoms with E-state index in [1.165, 1.54) is 11.8 Å². The summed E-state index contributed by atoms with van der Waals surface area (Å²) >= 11 is 0. The fraction of sp³-hybridized carbons (Fsp3) is 0.476. The molecule has 2 aromatic rings. The van der Waals surface area contributed by atoms with Crippen LogP contribution in [0, 0.1) is 11.6 Å². The maximum atomic E-state index is 15.1. The number of hydroxylamine groups is 2. The molecule has 0 radical (unpaired) electrons. The molecule has 0 saturated carbocycles. The third kappa shape index (κ3) is 6.04. The van der Waals surface area contributed by atoms with Crippen molar-refractivity contribution >= 4 is 29.3 Å². The van der Waals surface area contributed by atoms with Crippen LogP contribution in [0.25, 0.3) is 0 Å². The van der Waals surface area contributed by atoms with Gasteiger partial charge in [0.05, 0.1) is 44.2 Å². The fourth-order valence-electron chi connectivity index (χ4n) is 3.87. The Morgan fingerprint density at radius 2 is 2.00 bits per heavy atom. The monoisotopic (exact) mass is 508 g/mol. The van der Waals surface area contributed by atoms with Gasteiger partial charge >= 0.3 is 6.09 Å². The summed E-state index contributed by atoms with van der Waals surface area (Å²) in [5.41, 5.74) is 0.374. The van der Waals surface area contributed by atoms with Crippen LogP contribution >= 0.6 is 0 Å². The first-order valence-corrected chi connectivity index (χ1v) is 11.3. The van der Waals surface area contributed by atoms with Gasteiger partial charge < -0.3 is 20.3 Å². The largest absolute Gasteiger partial charge is 0.442 e. The van der Waals surface area contributed by atoms with Gasteiger partial charge in [0.1, 0.15) is 11.8 Å². The predicted molar refractivity (Wildman–Crippen MR) is 121 cm³/mol. The van der Waals surface area contributed by atoms with Crippen LogP contribution in [0.3, 0.4) is 0 Å². The molecule has 0 aliphatic carbocycles. The van der Waals surface area contributed by atoms with Crippen LogP contribution in [-0.4, -0.2) is 90.4 Å². The van der Waals surface area contributed by atoms with Crippen LogP contribution in [0.1, 0.15) is 12.6 Å². The van der Waals surface area contributed by atoms with E-state index in [0.717, 1.165) is 22.1 Å². The van der Waals surface area contributed by atoms with Crippen molar-refractivity contribution in [2.75, 3.05) is 55.7 Å². The van der Waals surface area contributed by atoms with Gasteiger partial charge in [-0.3, -0.25) is 24.4 Å². The highest BCUT2D eigenvalue weighted by Crippen LogP contribution is 2.31. The second-order valence-electron chi connectivity index (χ2n) is 8.20. The van der Waals surface area contributed by atoms with Crippen LogP contribution in [0.2, 0.25) is 0 Å². The topological polar surface area (TPSA) is 145 Å². The number of H-pyrrole nitrogens is 1. The van der Waals surface area contributed by atoms with Gasteiger partial charge in [-0.25, -0.2) is 18.6 Å². The van der Waals surface area contributed by atoms with E-state index in [1.54, 1.807) is 6.20 Å². The molecule has 36 heavy (non-hydrogen) atoms. The zero-order valence-electron chi connectivity index (χ0n) is 19.5. The average molecular weight is 508 g/mol. The number of rotatable bonds is 8. The van der Waals surface area contributed by atoms with Crippen LogP contribution in [0.4, 0.5) is 25.0 Å². The number of carbonyl (C=O) groups is 3. The Hall–Kier alpha value is -3.85. The first kappa shape index (κ1) is 25.2. The number of nitrogens with zero attached hydrogens (tertiary/aromatic N) is 5. The summed E-state index contributed by atoms with van der Waals surface area (Å²) < 4.78 is 35.3. The first-order valence-electron chi connectivity index (χ1n) is 11.3. The zero-order chi connectivity index (χ0) is 25.7. The molecular weight excluding hydrogens is 482 g/mol. The maximum absolute atomic E-state index is 15.1. The Morgan fingerprint density at radius 3 is 2.69 bits per heavy atom. The minimum absolute atomic E-state index is 0.00476. The van der Waals surface area contributed by atoms with Gasteiger partial charge in [-0.15, -0.1) is 5.10 Å². The summed E-state index contributed by atoms with van der Waals surface area (Å²) in [6, 6.07) is 2.12. The van der Waals surface area contributed by atoms with Gasteiger partial charge in [-0.1, -0.05) is 5.21 Å². The molecule has 2 fully saturated rings. The third-order valence-corrected chi connectivity index (χ3v) is 5.59. The molecule has 2 saturated heterocycles. The molecule has 2 aliphatic rings. The fourth-order valence-corrected chi connectivity index (χ4v) is 3.87. The van der Waals surface area contributed by atoms with Crippen molar-refractivity contribution in [2.45, 2.75) is 19.6 Å². The van der Waals surface area contributed by atoms with Crippen molar-refractivity contribution in [3.63, 3.8) is 0 Å². The van der Waals surface area contributed by atoms with E-state index in [1.807, 2.05) is 0 Å². The quantitative estimate of drug-likeness (QED) is 0.446. The van der Waals surface area contributed by atoms with E-state index < -0.39 is 23.8 Å². The molecule has 1 aromatic heterocycles. The summed E-state index contributed by atoms with van der Waals surface area (Å²) in [5.74, 6) is -2.34. The highest BCUT2D eigenvalue weighted by molar-refractivity contribution is 5.90. The number of ether oxygens (including phenoxy) is 1. The number of hydrogen-bond acceptors (Lipinski definition) is 9. The summed E-state index contributed by atoms with van der Waals surface area (Å²) in [6.07, 6.45) is 0.207. The highest BCUT2D eigenvalue weighted by atomic mass is 19.1. The summed E-state index contributed by atoms with van der Waals surface area (Å²) in [6.45, 7) is 2.20. The number of anilines is 2. The van der Waals surface area contributed by atoms with Gasteiger partial charge in [-0.05, 0) is 0 Å². The van der Waals surface area contributed by atoms with Crippen LogP contribution in [0.5, 0.6) is 0 Å². The molecule has 1 atom stereocenters. The molecule has 4 rings (SSSR count). The van der Waals surface area contributed by atoms with E-state index in [9.17, 15) is 14.4 Å². The van der Waals surface area contributed by atoms with E-state index >= 15 is 8.78 Å². The highest BCUT2D eigenvalue weighted by Gasteiger charge is 2.34. The number of benzene rings is 1. The number of cyclic esters (lactones) is 1. The Morgan fingerprint density at radius 1 is 1.22 bits per heavy atom. The van der Waals surface area contributed by atoms with Gasteiger partial charge in [0.15, 0.2) is 11.6 Å². The third-order valence-electron chi connectivity index (χ3n) is 5.59. The summed E-state index contributed by atoms with van der Waals surface area (Å²) in [7, 11) is 0. The minimum atomic E-state index is -0.864. The van der Waals surface area contributed by atoms with E-state index in [-0.39, 0.29) is 69.1 Å². The molecule has 0 spiro atoms. The van der Waals surface area contributed by atoms with Crippen LogP contribution in [0.15, 0.2) is 18.3 Å². The zero-order valence-corrected chi connectivity index (χ0v) is 19.5. The van der Waals surface area contributed by atoms with Crippen molar-refractivity contribution in [1.82, 2.24) is 31.1 Å². The number of carbonyl (C=O) groups excluding carboxylic acids is 3.